The number of nitrogens with zero attached hydrogens (tertiary/aromatic N) is 2. The minimum absolute atomic E-state index is 0.0335. The summed E-state index contributed by atoms with van der Waals surface area (Å²) in [5.41, 5.74) is 4.23. The van der Waals surface area contributed by atoms with Crippen LogP contribution in [0.3, 0.4) is 0 Å². The highest BCUT2D eigenvalue weighted by Crippen LogP contribution is 2.37. The zero-order valence-electron chi connectivity index (χ0n) is 19.2. The third-order valence-corrected chi connectivity index (χ3v) is 6.84. The molecule has 8 heteroatoms. The van der Waals surface area contributed by atoms with Crippen LogP contribution in [0.25, 0.3) is 11.1 Å². The molecule has 1 aliphatic rings. The molecule has 1 saturated carbocycles. The summed E-state index contributed by atoms with van der Waals surface area (Å²) in [4.78, 5) is 4.14. The minimum atomic E-state index is -3.15. The number of rotatable bonds is 7. The first-order chi connectivity index (χ1) is 16.2. The Morgan fingerprint density at radius 1 is 1.12 bits per heavy atom. The van der Waals surface area contributed by atoms with E-state index in [1.165, 1.54) is 11.8 Å². The van der Waals surface area contributed by atoms with E-state index in [1.807, 2.05) is 24.3 Å². The number of aliphatic hydroxyl groups is 2. The average molecular weight is 480 g/mol. The van der Waals surface area contributed by atoms with E-state index in [2.05, 4.69) is 45.8 Å². The van der Waals surface area contributed by atoms with Crippen LogP contribution in [0.4, 0.5) is 0 Å². The van der Waals surface area contributed by atoms with Crippen LogP contribution in [0, 0.1) is 11.8 Å². The summed E-state index contributed by atoms with van der Waals surface area (Å²) < 4.78 is 27.0. The lowest BCUT2D eigenvalue weighted by Crippen LogP contribution is -2.42. The second-order valence-corrected chi connectivity index (χ2v) is 10.6. The average Bonchev–Trinajstić information content (AvgIpc) is 3.27. The van der Waals surface area contributed by atoms with Crippen molar-refractivity contribution in [2.45, 2.75) is 43.9 Å². The van der Waals surface area contributed by atoms with Gasteiger partial charge in [0.15, 0.2) is 0 Å². The van der Waals surface area contributed by atoms with Crippen LogP contribution in [-0.4, -0.2) is 47.1 Å². The lowest BCUT2D eigenvalue weighted by atomic mass is 9.76. The van der Waals surface area contributed by atoms with Crippen LogP contribution in [0.2, 0.25) is 0 Å². The Bertz CT molecular complexity index is 1280. The topological polar surface area (TPSA) is 104 Å². The molecular formula is C26H29N3O4S. The zero-order valence-corrected chi connectivity index (χ0v) is 20.0. The maximum atomic E-state index is 11.3. The van der Waals surface area contributed by atoms with Crippen LogP contribution < -0.4 is 4.72 Å². The van der Waals surface area contributed by atoms with Gasteiger partial charge in [-0.25, -0.2) is 18.1 Å². The molecule has 3 aromatic rings. The predicted molar refractivity (Wildman–Crippen MR) is 131 cm³/mol. The Kier molecular flexibility index (Phi) is 7.19. The summed E-state index contributed by atoms with van der Waals surface area (Å²) in [6.07, 6.45) is 5.40. The van der Waals surface area contributed by atoms with Gasteiger partial charge >= 0.3 is 0 Å². The molecule has 1 fully saturated rings. The molecule has 1 aromatic heterocycles. The molecule has 0 bridgehead atoms. The third-order valence-electron chi connectivity index (χ3n) is 6.08. The van der Waals surface area contributed by atoms with Gasteiger partial charge in [0, 0.05) is 24.0 Å². The molecule has 0 radical (unpaired) electrons. The Balaban J connectivity index is 1.40. The predicted octanol–water partition coefficient (Wildman–Crippen LogP) is 2.98. The van der Waals surface area contributed by atoms with Crippen molar-refractivity contribution >= 4 is 10.0 Å². The maximum Gasteiger partial charge on any atom is 0.208 e. The van der Waals surface area contributed by atoms with Crippen molar-refractivity contribution in [3.05, 3.63) is 77.9 Å². The second kappa shape index (κ2) is 10.1. The van der Waals surface area contributed by atoms with E-state index in [4.69, 9.17) is 0 Å². The lowest BCUT2D eigenvalue weighted by molar-refractivity contribution is 0.176. The summed E-state index contributed by atoms with van der Waals surface area (Å²) in [7, 11) is -3.15. The molecular weight excluding hydrogens is 450 g/mol. The van der Waals surface area contributed by atoms with Crippen molar-refractivity contribution in [2.75, 3.05) is 12.9 Å². The molecule has 0 aliphatic heterocycles. The fraction of sp³-hybridized carbons (Fsp3) is 0.346. The van der Waals surface area contributed by atoms with Crippen molar-refractivity contribution < 1.29 is 18.6 Å². The number of aliphatic hydroxyl groups excluding tert-OH is 2. The van der Waals surface area contributed by atoms with Gasteiger partial charge in [-0.2, -0.15) is 0 Å². The molecule has 0 spiro atoms. The first kappa shape index (κ1) is 24.2. The second-order valence-electron chi connectivity index (χ2n) is 8.79. The third kappa shape index (κ3) is 5.75. The van der Waals surface area contributed by atoms with E-state index in [0.29, 0.717) is 11.7 Å². The van der Waals surface area contributed by atoms with Crippen molar-refractivity contribution in [1.82, 2.24) is 14.3 Å². The number of imidazole rings is 1. The molecule has 0 saturated heterocycles. The SMILES string of the molecule is C[C@H](O)c1nccn1[C@H](C#Cc1ccc(-c2ccc(C3CC(NS(C)(=O)=O)C3)cc2)cc1)CO. The molecule has 4 rings (SSSR count). The van der Waals surface area contributed by atoms with Crippen molar-refractivity contribution in [3.8, 4) is 23.0 Å². The van der Waals surface area contributed by atoms with Crippen molar-refractivity contribution in [1.29, 1.82) is 0 Å². The monoisotopic (exact) mass is 479 g/mol. The van der Waals surface area contributed by atoms with Crippen molar-refractivity contribution in [2.24, 2.45) is 0 Å². The first-order valence-corrected chi connectivity index (χ1v) is 13.1. The van der Waals surface area contributed by atoms with E-state index in [1.54, 1.807) is 23.9 Å². The van der Waals surface area contributed by atoms with Crippen LogP contribution in [0.15, 0.2) is 60.9 Å². The van der Waals surface area contributed by atoms with E-state index < -0.39 is 22.2 Å². The van der Waals surface area contributed by atoms with E-state index >= 15 is 0 Å². The number of hydrogen-bond acceptors (Lipinski definition) is 5. The van der Waals surface area contributed by atoms with E-state index in [0.717, 1.165) is 29.5 Å². The molecule has 34 heavy (non-hydrogen) atoms. The van der Waals surface area contributed by atoms with Gasteiger partial charge in [0.1, 0.15) is 18.0 Å². The highest BCUT2D eigenvalue weighted by molar-refractivity contribution is 7.88. The summed E-state index contributed by atoms with van der Waals surface area (Å²) in [6.45, 7) is 1.45. The zero-order chi connectivity index (χ0) is 24.3. The molecule has 1 aliphatic carbocycles. The summed E-state index contributed by atoms with van der Waals surface area (Å²) in [6, 6.07) is 15.9. The normalized spacial score (nSPS) is 19.5. The van der Waals surface area contributed by atoms with E-state index in [-0.39, 0.29) is 12.6 Å². The van der Waals surface area contributed by atoms with Crippen LogP contribution >= 0.6 is 0 Å². The van der Waals surface area contributed by atoms with Gasteiger partial charge < -0.3 is 14.8 Å². The molecule has 0 amide bonds. The molecule has 2 aromatic carbocycles. The quantitative estimate of drug-likeness (QED) is 0.452. The largest absolute Gasteiger partial charge is 0.393 e. The van der Waals surface area contributed by atoms with Gasteiger partial charge in [-0.05, 0) is 54.5 Å². The fourth-order valence-corrected chi connectivity index (χ4v) is 5.06. The van der Waals surface area contributed by atoms with Gasteiger partial charge in [-0.1, -0.05) is 48.2 Å². The maximum absolute atomic E-state index is 11.3. The Morgan fingerprint density at radius 2 is 1.74 bits per heavy atom. The Morgan fingerprint density at radius 3 is 2.29 bits per heavy atom. The Hall–Kier alpha value is -2.96. The standard InChI is InChI=1S/C26H29N3O4S/c1-18(31)26-27-13-14-29(26)25(17-30)12-5-19-3-6-20(7-4-19)21-8-10-22(11-9-21)23-15-24(16-23)28-34(2,32)33/h3-4,6-11,13-14,18,23-25,28,30-31H,15-17H2,1-2H3/t18-,23?,24?,25+/m0/s1. The smallest absolute Gasteiger partial charge is 0.208 e. The van der Waals surface area contributed by atoms with E-state index in [9.17, 15) is 18.6 Å². The number of sulfonamides is 1. The van der Waals surface area contributed by atoms with Crippen molar-refractivity contribution in [3.63, 3.8) is 0 Å². The summed E-state index contributed by atoms with van der Waals surface area (Å²) >= 11 is 0. The number of benzene rings is 2. The first-order valence-electron chi connectivity index (χ1n) is 11.2. The molecule has 0 unspecified atom stereocenters. The fourth-order valence-electron chi connectivity index (χ4n) is 4.26. The van der Waals surface area contributed by atoms with Gasteiger partial charge in [-0.3, -0.25) is 0 Å². The lowest BCUT2D eigenvalue weighted by Gasteiger charge is -2.35. The molecule has 1 heterocycles. The van der Waals surface area contributed by atoms with Gasteiger partial charge in [-0.15, -0.1) is 0 Å². The molecule has 2 atom stereocenters. The minimum Gasteiger partial charge on any atom is -0.393 e. The molecule has 178 valence electrons. The van der Waals surface area contributed by atoms with Gasteiger partial charge in [0.25, 0.3) is 0 Å². The molecule has 7 nitrogen and oxygen atoms in total. The summed E-state index contributed by atoms with van der Waals surface area (Å²) in [5, 5.41) is 19.6. The Labute approximate surface area is 200 Å². The summed E-state index contributed by atoms with van der Waals surface area (Å²) in [5.74, 6) is 7.01. The van der Waals surface area contributed by atoms with Gasteiger partial charge in [0.05, 0.1) is 12.9 Å². The highest BCUT2D eigenvalue weighted by Gasteiger charge is 2.31. The number of hydrogen-bond donors (Lipinski definition) is 3. The number of nitrogens with one attached hydrogen (secondary N) is 1. The van der Waals surface area contributed by atoms with Crippen LogP contribution in [0.5, 0.6) is 0 Å². The van der Waals surface area contributed by atoms with Crippen LogP contribution in [0.1, 0.15) is 54.8 Å². The highest BCUT2D eigenvalue weighted by atomic mass is 32.2. The van der Waals surface area contributed by atoms with Gasteiger partial charge in [0.2, 0.25) is 10.0 Å². The van der Waals surface area contributed by atoms with Crippen LogP contribution in [-0.2, 0) is 10.0 Å². The number of aromatic nitrogens is 2. The molecule has 3 N–H and O–H groups in total.